The molecule has 242 valence electrons. The summed E-state index contributed by atoms with van der Waals surface area (Å²) in [5, 5.41) is 2.94. The molecule has 0 aromatic heterocycles. The maximum atomic E-state index is 14.2. The number of amides is 2. The molecule has 1 N–H and O–H groups in total. The molecule has 0 unspecified atom stereocenters. The zero-order valence-corrected chi connectivity index (χ0v) is 27.1. The second kappa shape index (κ2) is 16.0. The number of ether oxygens (including phenoxy) is 1. The molecule has 10 heteroatoms. The van der Waals surface area contributed by atoms with Crippen LogP contribution in [-0.2, 0) is 39.2 Å². The van der Waals surface area contributed by atoms with Gasteiger partial charge in [0.25, 0.3) is 0 Å². The van der Waals surface area contributed by atoms with Gasteiger partial charge in [0.1, 0.15) is 30.8 Å². The molecule has 1 atom stereocenters. The fraction of sp³-hybridized carbons (Fsp3) is 0.278. The minimum atomic E-state index is -3.92. The Hall–Kier alpha value is -4.70. The molecule has 0 saturated heterocycles. The summed E-state index contributed by atoms with van der Waals surface area (Å²) in [6.45, 7) is 4.10. The molecule has 0 saturated carbocycles. The molecule has 0 fully saturated rings. The highest BCUT2D eigenvalue weighted by Crippen LogP contribution is 2.24. The minimum absolute atomic E-state index is 0.0322. The zero-order chi connectivity index (χ0) is 33.1. The molecule has 4 aromatic rings. The third-order valence-corrected chi connectivity index (χ3v) is 8.41. The predicted molar refractivity (Wildman–Crippen MR) is 178 cm³/mol. The number of nitrogens with zero attached hydrogens (tertiary/aromatic N) is 2. The number of nitrogens with one attached hydrogen (secondary N) is 1. The van der Waals surface area contributed by atoms with E-state index in [1.165, 1.54) is 17.0 Å². The summed E-state index contributed by atoms with van der Waals surface area (Å²) in [5.41, 5.74) is 2.68. The van der Waals surface area contributed by atoms with Crippen LogP contribution in [0.15, 0.2) is 109 Å². The third kappa shape index (κ3) is 10.2. The van der Waals surface area contributed by atoms with E-state index in [-0.39, 0.29) is 30.5 Å². The first-order chi connectivity index (χ1) is 22.0. The van der Waals surface area contributed by atoms with Gasteiger partial charge in [-0.1, -0.05) is 86.6 Å². The average Bonchev–Trinajstić information content (AvgIpc) is 3.04. The van der Waals surface area contributed by atoms with Gasteiger partial charge >= 0.3 is 0 Å². The molecular formula is C36H40FN3O5S. The van der Waals surface area contributed by atoms with Gasteiger partial charge in [-0.25, -0.2) is 12.8 Å². The van der Waals surface area contributed by atoms with Gasteiger partial charge in [-0.05, 0) is 59.0 Å². The van der Waals surface area contributed by atoms with Crippen LogP contribution in [0.5, 0.6) is 5.75 Å². The predicted octanol–water partition coefficient (Wildman–Crippen LogP) is 5.58. The largest absolute Gasteiger partial charge is 0.489 e. The van der Waals surface area contributed by atoms with Crippen LogP contribution in [0, 0.1) is 11.7 Å². The van der Waals surface area contributed by atoms with Gasteiger partial charge in [0.2, 0.25) is 21.8 Å². The SMILES string of the molecule is CC(C)CNC(=O)[C@H](Cc1ccccc1)N(Cc1ccc(F)cc1)C(=O)CN(c1ccc(OCc2ccccc2)cc1)S(C)(=O)=O. The van der Waals surface area contributed by atoms with E-state index < -0.39 is 34.3 Å². The fourth-order valence-electron chi connectivity index (χ4n) is 4.83. The average molecular weight is 646 g/mol. The van der Waals surface area contributed by atoms with E-state index >= 15 is 0 Å². The van der Waals surface area contributed by atoms with Crippen LogP contribution in [-0.4, -0.2) is 50.5 Å². The van der Waals surface area contributed by atoms with Crippen molar-refractivity contribution in [1.82, 2.24) is 10.2 Å². The number of halogens is 1. The van der Waals surface area contributed by atoms with Crippen molar-refractivity contribution in [2.24, 2.45) is 5.92 Å². The Kier molecular flexibility index (Phi) is 11.9. The molecule has 4 aromatic carbocycles. The van der Waals surface area contributed by atoms with Crippen LogP contribution < -0.4 is 14.4 Å². The number of carbonyl (C=O) groups excluding carboxylic acids is 2. The number of hydrogen-bond donors (Lipinski definition) is 1. The van der Waals surface area contributed by atoms with Crippen LogP contribution in [0.4, 0.5) is 10.1 Å². The number of anilines is 1. The fourth-order valence-corrected chi connectivity index (χ4v) is 5.68. The van der Waals surface area contributed by atoms with Crippen molar-refractivity contribution in [3.05, 3.63) is 132 Å². The van der Waals surface area contributed by atoms with Gasteiger partial charge in [-0.15, -0.1) is 0 Å². The van der Waals surface area contributed by atoms with E-state index in [0.717, 1.165) is 21.7 Å². The van der Waals surface area contributed by atoms with Gasteiger partial charge in [0, 0.05) is 19.5 Å². The summed E-state index contributed by atoms with van der Waals surface area (Å²) in [6, 6.07) is 30.1. The zero-order valence-electron chi connectivity index (χ0n) is 26.3. The topological polar surface area (TPSA) is 96.0 Å². The third-order valence-electron chi connectivity index (χ3n) is 7.27. The van der Waals surface area contributed by atoms with E-state index in [4.69, 9.17) is 4.74 Å². The van der Waals surface area contributed by atoms with E-state index in [1.54, 1.807) is 36.4 Å². The van der Waals surface area contributed by atoms with Crippen LogP contribution in [0.25, 0.3) is 0 Å². The van der Waals surface area contributed by atoms with E-state index in [2.05, 4.69) is 5.32 Å². The second-order valence-electron chi connectivity index (χ2n) is 11.5. The Morgan fingerprint density at radius 1 is 0.804 bits per heavy atom. The monoisotopic (exact) mass is 645 g/mol. The minimum Gasteiger partial charge on any atom is -0.489 e. The van der Waals surface area contributed by atoms with E-state index in [0.29, 0.717) is 24.5 Å². The summed E-state index contributed by atoms with van der Waals surface area (Å²) >= 11 is 0. The highest BCUT2D eigenvalue weighted by atomic mass is 32.2. The standard InChI is InChI=1S/C36H40FN3O5S/c1-27(2)23-38-36(42)34(22-28-10-6-4-7-11-28)39(24-29-14-16-31(37)17-15-29)35(41)25-40(46(3,43)44)32-18-20-33(21-19-32)45-26-30-12-8-5-9-13-30/h4-21,27,34H,22-26H2,1-3H3,(H,38,42)/t34-/m0/s1. The van der Waals surface area contributed by atoms with Gasteiger partial charge in [0.05, 0.1) is 11.9 Å². The summed E-state index contributed by atoms with van der Waals surface area (Å²) < 4.78 is 46.7. The van der Waals surface area contributed by atoms with Crippen molar-refractivity contribution in [2.75, 3.05) is 23.7 Å². The Bertz CT molecular complexity index is 1670. The number of carbonyl (C=O) groups is 2. The first-order valence-corrected chi connectivity index (χ1v) is 16.9. The molecule has 0 aliphatic carbocycles. The van der Waals surface area contributed by atoms with Crippen molar-refractivity contribution >= 4 is 27.5 Å². The van der Waals surface area contributed by atoms with Gasteiger partial charge in [0.15, 0.2) is 0 Å². The summed E-state index contributed by atoms with van der Waals surface area (Å²) in [7, 11) is -3.92. The van der Waals surface area contributed by atoms with Crippen molar-refractivity contribution in [1.29, 1.82) is 0 Å². The molecule has 0 radical (unpaired) electrons. The van der Waals surface area contributed by atoms with Gasteiger partial charge < -0.3 is 15.0 Å². The molecule has 2 amide bonds. The smallest absolute Gasteiger partial charge is 0.244 e. The Balaban J connectivity index is 1.63. The molecular weight excluding hydrogens is 605 g/mol. The van der Waals surface area contributed by atoms with Crippen molar-refractivity contribution < 1.29 is 27.1 Å². The number of benzene rings is 4. The molecule has 4 rings (SSSR count). The van der Waals surface area contributed by atoms with Gasteiger partial charge in [-0.2, -0.15) is 0 Å². The summed E-state index contributed by atoms with van der Waals surface area (Å²) in [5.74, 6) is -0.673. The van der Waals surface area contributed by atoms with Crippen LogP contribution >= 0.6 is 0 Å². The first kappa shape index (κ1) is 34.2. The van der Waals surface area contributed by atoms with Crippen molar-refractivity contribution in [2.45, 2.75) is 39.5 Å². The molecule has 0 aliphatic rings. The number of rotatable bonds is 15. The van der Waals surface area contributed by atoms with Crippen LogP contribution in [0.2, 0.25) is 0 Å². The maximum Gasteiger partial charge on any atom is 0.244 e. The number of hydrogen-bond acceptors (Lipinski definition) is 5. The molecule has 0 heterocycles. The van der Waals surface area contributed by atoms with Crippen molar-refractivity contribution in [3.8, 4) is 5.75 Å². The molecule has 46 heavy (non-hydrogen) atoms. The van der Waals surface area contributed by atoms with Gasteiger partial charge in [-0.3, -0.25) is 13.9 Å². The lowest BCUT2D eigenvalue weighted by Gasteiger charge is -2.33. The lowest BCUT2D eigenvalue weighted by atomic mass is 10.0. The maximum absolute atomic E-state index is 14.2. The Morgan fingerprint density at radius 2 is 1.39 bits per heavy atom. The van der Waals surface area contributed by atoms with Crippen LogP contribution in [0.3, 0.4) is 0 Å². The highest BCUT2D eigenvalue weighted by molar-refractivity contribution is 7.92. The molecule has 8 nitrogen and oxygen atoms in total. The highest BCUT2D eigenvalue weighted by Gasteiger charge is 2.33. The van der Waals surface area contributed by atoms with Crippen molar-refractivity contribution in [3.63, 3.8) is 0 Å². The molecule has 0 aliphatic heterocycles. The summed E-state index contributed by atoms with van der Waals surface area (Å²) in [6.07, 6.45) is 1.23. The second-order valence-corrected chi connectivity index (χ2v) is 13.4. The Labute approximate surface area is 270 Å². The normalized spacial score (nSPS) is 11.9. The van der Waals surface area contributed by atoms with Crippen LogP contribution in [0.1, 0.15) is 30.5 Å². The van der Waals surface area contributed by atoms with E-state index in [1.807, 2.05) is 74.5 Å². The molecule has 0 bridgehead atoms. The quantitative estimate of drug-likeness (QED) is 0.182. The number of sulfonamides is 1. The lowest BCUT2D eigenvalue weighted by molar-refractivity contribution is -0.140. The first-order valence-electron chi connectivity index (χ1n) is 15.1. The van der Waals surface area contributed by atoms with E-state index in [9.17, 15) is 22.4 Å². The lowest BCUT2D eigenvalue weighted by Crippen LogP contribution is -2.53. The molecule has 0 spiro atoms. The Morgan fingerprint density at radius 3 is 1.96 bits per heavy atom. The summed E-state index contributed by atoms with van der Waals surface area (Å²) in [4.78, 5) is 29.3.